The van der Waals surface area contributed by atoms with E-state index in [2.05, 4.69) is 55.7 Å². The Kier molecular flexibility index (Phi) is 25.0. The first-order valence-electron chi connectivity index (χ1n) is 28.3. The predicted octanol–water partition coefficient (Wildman–Crippen LogP) is 1.37. The molecule has 15 atom stereocenters. The zero-order chi connectivity index (χ0) is 53.8. The summed E-state index contributed by atoms with van der Waals surface area (Å²) in [6, 6.07) is 17.9. The van der Waals surface area contributed by atoms with E-state index in [-0.39, 0.29) is 31.3 Å². The molecule has 428 valence electrons. The fourth-order valence-corrected chi connectivity index (χ4v) is 11.4. The molecule has 20 nitrogen and oxygen atoms in total. The van der Waals surface area contributed by atoms with Gasteiger partial charge in [0.05, 0.1) is 31.5 Å². The molecular formula is C56H90N6O14. The molecule has 5 fully saturated rings. The lowest BCUT2D eigenvalue weighted by Crippen LogP contribution is -2.64. The average molecular weight is 1070 g/mol. The van der Waals surface area contributed by atoms with Crippen LogP contribution >= 0.6 is 0 Å². The number of nitrogens with zero attached hydrogens (tertiary/aromatic N) is 1. The van der Waals surface area contributed by atoms with E-state index in [9.17, 15) is 40.2 Å². The highest BCUT2D eigenvalue weighted by atomic mass is 16.7. The van der Waals surface area contributed by atoms with E-state index >= 15 is 0 Å². The summed E-state index contributed by atoms with van der Waals surface area (Å²) in [4.78, 5) is 29.5. The van der Waals surface area contributed by atoms with Gasteiger partial charge in [-0.1, -0.05) is 93.6 Å². The summed E-state index contributed by atoms with van der Waals surface area (Å²) >= 11 is 0. The molecule has 2 aromatic rings. The number of ether oxygens (including phenoxy) is 6. The van der Waals surface area contributed by atoms with Crippen molar-refractivity contribution in [3.8, 4) is 0 Å². The van der Waals surface area contributed by atoms with Crippen LogP contribution in [0.1, 0.15) is 94.7 Å². The SMILES string of the molecule is CC1CC(C(=O)NCCNCc2ccc(CN3CCCNCCNCCCNCC3)cc2)CC(O[C@@H]2O[C@H](CO)[C@H](O)[C@H](O[C@@H](CC3CCCCC3)C(=O)O)[C@H]2OCc2ccccc2)C1O[C@@H]1O[C@@H](C)[C@@H](O)[C@@H](O)[C@@H]1O. The van der Waals surface area contributed by atoms with Gasteiger partial charge in [-0.3, -0.25) is 9.69 Å². The summed E-state index contributed by atoms with van der Waals surface area (Å²) in [6.45, 7) is 13.1. The summed E-state index contributed by atoms with van der Waals surface area (Å²) in [5, 5.41) is 82.3. The third kappa shape index (κ3) is 18.1. The smallest absolute Gasteiger partial charge is 0.332 e. The molecule has 3 saturated heterocycles. The van der Waals surface area contributed by atoms with Crippen LogP contribution in [0.5, 0.6) is 0 Å². The molecule has 0 bridgehead atoms. The summed E-state index contributed by atoms with van der Waals surface area (Å²) in [5.74, 6) is -2.28. The van der Waals surface area contributed by atoms with Crippen molar-refractivity contribution in [1.82, 2.24) is 31.5 Å². The second-order valence-corrected chi connectivity index (χ2v) is 21.8. The largest absolute Gasteiger partial charge is 0.479 e. The van der Waals surface area contributed by atoms with Crippen molar-refractivity contribution >= 4 is 11.9 Å². The number of aliphatic hydroxyl groups is 5. The topological polar surface area (TPSA) is 274 Å². The molecule has 3 heterocycles. The monoisotopic (exact) mass is 1070 g/mol. The highest BCUT2D eigenvalue weighted by Crippen LogP contribution is 2.39. The van der Waals surface area contributed by atoms with E-state index in [0.717, 1.165) is 115 Å². The Hall–Kier alpha value is -3.26. The molecule has 0 spiro atoms. The Labute approximate surface area is 449 Å². The number of rotatable bonds is 21. The van der Waals surface area contributed by atoms with Crippen LogP contribution in [0.25, 0.3) is 0 Å². The average Bonchev–Trinajstić information content (AvgIpc) is 3.43. The lowest BCUT2D eigenvalue weighted by atomic mass is 9.77. The molecule has 11 N–H and O–H groups in total. The number of carbonyl (C=O) groups is 2. The minimum absolute atomic E-state index is 0.00471. The number of amides is 1. The molecule has 20 heteroatoms. The Morgan fingerprint density at radius 1 is 0.711 bits per heavy atom. The van der Waals surface area contributed by atoms with Gasteiger partial charge in [0.2, 0.25) is 5.91 Å². The first kappa shape index (κ1) is 60.4. The van der Waals surface area contributed by atoms with Crippen LogP contribution in [0.15, 0.2) is 54.6 Å². The maximum absolute atomic E-state index is 14.1. The number of hydrogen-bond acceptors (Lipinski definition) is 18. The van der Waals surface area contributed by atoms with Crippen LogP contribution in [-0.2, 0) is 57.7 Å². The van der Waals surface area contributed by atoms with Crippen molar-refractivity contribution in [2.45, 2.75) is 177 Å². The van der Waals surface area contributed by atoms with Gasteiger partial charge in [-0.2, -0.15) is 0 Å². The molecule has 76 heavy (non-hydrogen) atoms. The second kappa shape index (κ2) is 31.5. The van der Waals surface area contributed by atoms with Gasteiger partial charge >= 0.3 is 5.97 Å². The number of nitrogens with one attached hydrogen (secondary N) is 5. The zero-order valence-corrected chi connectivity index (χ0v) is 44.8. The van der Waals surface area contributed by atoms with Gasteiger partial charge in [-0.05, 0) is 93.7 Å². The predicted molar refractivity (Wildman–Crippen MR) is 283 cm³/mol. The van der Waals surface area contributed by atoms with Gasteiger partial charge in [0, 0.05) is 58.3 Å². The fourth-order valence-electron chi connectivity index (χ4n) is 11.4. The van der Waals surface area contributed by atoms with Crippen molar-refractivity contribution in [3.05, 3.63) is 71.3 Å². The van der Waals surface area contributed by atoms with Crippen molar-refractivity contribution in [2.24, 2.45) is 17.8 Å². The number of carboxylic acids is 1. The number of carbonyl (C=O) groups excluding carboxylic acids is 1. The molecular weight excluding hydrogens is 981 g/mol. The minimum atomic E-state index is -1.62. The Bertz CT molecular complexity index is 1960. The highest BCUT2D eigenvalue weighted by molar-refractivity contribution is 5.78. The summed E-state index contributed by atoms with van der Waals surface area (Å²) in [6.07, 6.45) is -9.08. The highest BCUT2D eigenvalue weighted by Gasteiger charge is 2.53. The molecule has 2 aliphatic carbocycles. The molecule has 0 aromatic heterocycles. The summed E-state index contributed by atoms with van der Waals surface area (Å²) in [7, 11) is 0. The Morgan fingerprint density at radius 3 is 2.14 bits per heavy atom. The zero-order valence-electron chi connectivity index (χ0n) is 44.8. The van der Waals surface area contributed by atoms with Gasteiger partial charge in [0.25, 0.3) is 0 Å². The van der Waals surface area contributed by atoms with E-state index < -0.39 is 104 Å². The van der Waals surface area contributed by atoms with Crippen molar-refractivity contribution < 1.29 is 68.6 Å². The van der Waals surface area contributed by atoms with Crippen LogP contribution in [0, 0.1) is 17.8 Å². The first-order chi connectivity index (χ1) is 36.9. The number of benzene rings is 2. The standard InChI is InChI=1S/C56H90N6O14/c1-36-29-42(53(68)61-25-24-60-32-39-15-17-40(18-16-39)33-62-27-10-21-58-23-22-57-19-9-20-59-26-28-62)31-43(50(36)76-55-49(67)48(66)46(64)37(2)72-55)74-56-52(71-35-41-13-7-4-8-14-41)51(47(65)45(34-63)75-56)73-44(54(69)70)30-38-11-5-3-6-12-38/h4,7-8,13-18,36-38,42-52,55-60,63-67H,3,5-6,9-12,19-35H2,1-2H3,(H,61,68)(H,69,70)/t36?,37-,42?,43?,44-,45+,46+,47-,48+,49-,50?,51-,52+,55-,56+/m0/s1. The normalized spacial score (nSPS) is 33.5. The van der Waals surface area contributed by atoms with Crippen LogP contribution in [0.4, 0.5) is 0 Å². The summed E-state index contributed by atoms with van der Waals surface area (Å²) < 4.78 is 38.5. The van der Waals surface area contributed by atoms with E-state index in [1.807, 2.05) is 37.3 Å². The molecule has 2 aromatic carbocycles. The van der Waals surface area contributed by atoms with Crippen LogP contribution in [0.2, 0.25) is 0 Å². The van der Waals surface area contributed by atoms with E-state index in [4.69, 9.17) is 28.4 Å². The summed E-state index contributed by atoms with van der Waals surface area (Å²) in [5.41, 5.74) is 3.17. The van der Waals surface area contributed by atoms with E-state index in [0.29, 0.717) is 26.1 Å². The molecule has 7 rings (SSSR count). The van der Waals surface area contributed by atoms with Crippen molar-refractivity contribution in [1.29, 1.82) is 0 Å². The quantitative estimate of drug-likeness (QED) is 0.0789. The number of hydrogen-bond donors (Lipinski definition) is 11. The van der Waals surface area contributed by atoms with Crippen LogP contribution < -0.4 is 26.6 Å². The molecule has 5 aliphatic rings. The number of carboxylic acid groups (broad SMARTS) is 1. The van der Waals surface area contributed by atoms with E-state index in [1.54, 1.807) is 6.92 Å². The number of aliphatic carboxylic acids is 1. The van der Waals surface area contributed by atoms with Gasteiger partial charge < -0.3 is 85.6 Å². The maximum Gasteiger partial charge on any atom is 0.332 e. The second-order valence-electron chi connectivity index (χ2n) is 21.8. The number of aliphatic hydroxyl groups excluding tert-OH is 5. The maximum atomic E-state index is 14.1. The lowest BCUT2D eigenvalue weighted by molar-refractivity contribution is -0.354. The van der Waals surface area contributed by atoms with Gasteiger partial charge in [0.1, 0.15) is 42.7 Å². The third-order valence-electron chi connectivity index (χ3n) is 15.8. The van der Waals surface area contributed by atoms with Crippen LogP contribution in [-0.4, -0.2) is 199 Å². The van der Waals surface area contributed by atoms with Gasteiger partial charge in [-0.25, -0.2) is 4.79 Å². The molecule has 0 radical (unpaired) electrons. The fraction of sp³-hybridized carbons (Fsp3) is 0.750. The molecule has 4 unspecified atom stereocenters. The Balaban J connectivity index is 1.01. The Morgan fingerprint density at radius 2 is 1.42 bits per heavy atom. The molecule has 1 amide bonds. The van der Waals surface area contributed by atoms with Crippen LogP contribution in [0.3, 0.4) is 0 Å². The molecule has 3 aliphatic heterocycles. The van der Waals surface area contributed by atoms with Crippen molar-refractivity contribution in [2.75, 3.05) is 72.1 Å². The van der Waals surface area contributed by atoms with Gasteiger partial charge in [0.15, 0.2) is 18.7 Å². The van der Waals surface area contributed by atoms with E-state index in [1.165, 1.54) is 5.56 Å². The van der Waals surface area contributed by atoms with Crippen molar-refractivity contribution in [3.63, 3.8) is 0 Å². The lowest BCUT2D eigenvalue weighted by Gasteiger charge is -2.48. The van der Waals surface area contributed by atoms with Gasteiger partial charge in [-0.15, -0.1) is 0 Å². The first-order valence-corrected chi connectivity index (χ1v) is 28.3. The molecule has 2 saturated carbocycles. The minimum Gasteiger partial charge on any atom is -0.479 e. The third-order valence-corrected chi connectivity index (χ3v) is 15.8.